The van der Waals surface area contributed by atoms with Gasteiger partial charge in [-0.3, -0.25) is 13.9 Å². The van der Waals surface area contributed by atoms with Crippen LogP contribution in [-0.2, 0) is 26.2 Å². The summed E-state index contributed by atoms with van der Waals surface area (Å²) >= 11 is 0. The quantitative estimate of drug-likeness (QED) is 0.352. The van der Waals surface area contributed by atoms with Gasteiger partial charge in [0.1, 0.15) is 18.4 Å². The number of sulfonamides is 1. The van der Waals surface area contributed by atoms with Crippen molar-refractivity contribution in [2.24, 2.45) is 0 Å². The second kappa shape index (κ2) is 12.6. The zero-order chi connectivity index (χ0) is 29.7. The Morgan fingerprint density at radius 1 is 0.875 bits per heavy atom. The highest BCUT2D eigenvalue weighted by Crippen LogP contribution is 2.26. The Morgan fingerprint density at radius 2 is 1.45 bits per heavy atom. The molecule has 0 radical (unpaired) electrons. The highest BCUT2D eigenvalue weighted by Gasteiger charge is 2.33. The maximum atomic E-state index is 13.9. The number of halogens is 1. The molecule has 1 N–H and O–H groups in total. The summed E-state index contributed by atoms with van der Waals surface area (Å²) in [6, 6.07) is 19.7. The summed E-state index contributed by atoms with van der Waals surface area (Å²) in [7, 11) is -4.13. The predicted molar refractivity (Wildman–Crippen MR) is 156 cm³/mol. The van der Waals surface area contributed by atoms with E-state index in [9.17, 15) is 22.4 Å². The number of hydrogen-bond donors (Lipinski definition) is 1. The molecule has 1 unspecified atom stereocenters. The Kier molecular flexibility index (Phi) is 9.73. The molecule has 214 valence electrons. The van der Waals surface area contributed by atoms with Crippen LogP contribution < -0.4 is 9.62 Å². The number of carbonyl (C=O) groups excluding carboxylic acids is 2. The van der Waals surface area contributed by atoms with E-state index in [2.05, 4.69) is 5.32 Å². The fraction of sp³-hybridized carbons (Fsp3) is 0.355. The van der Waals surface area contributed by atoms with E-state index in [0.29, 0.717) is 11.3 Å². The lowest BCUT2D eigenvalue weighted by Crippen LogP contribution is -2.54. The number of rotatable bonds is 10. The monoisotopic (exact) mass is 567 g/mol. The Labute approximate surface area is 237 Å². The van der Waals surface area contributed by atoms with Crippen LogP contribution in [0.5, 0.6) is 0 Å². The van der Waals surface area contributed by atoms with Gasteiger partial charge in [-0.15, -0.1) is 0 Å². The number of amides is 2. The van der Waals surface area contributed by atoms with E-state index in [1.165, 1.54) is 41.3 Å². The molecular formula is C31H38FN3O4S. The van der Waals surface area contributed by atoms with Crippen LogP contribution in [0.1, 0.15) is 58.6 Å². The number of carbonyl (C=O) groups is 2. The topological polar surface area (TPSA) is 86.8 Å². The van der Waals surface area contributed by atoms with E-state index >= 15 is 0 Å². The second-order valence-electron chi connectivity index (χ2n) is 11.1. The predicted octanol–water partition coefficient (Wildman–Crippen LogP) is 5.48. The minimum absolute atomic E-state index is 0.0106. The molecule has 2 amide bonds. The first-order valence-corrected chi connectivity index (χ1v) is 14.7. The molecule has 3 aromatic carbocycles. The Morgan fingerprint density at radius 3 is 1.98 bits per heavy atom. The van der Waals surface area contributed by atoms with Crippen molar-refractivity contribution in [3.8, 4) is 0 Å². The number of nitrogens with zero attached hydrogens (tertiary/aromatic N) is 2. The third-order valence-electron chi connectivity index (χ3n) is 6.39. The normalized spacial score (nSPS) is 12.6. The van der Waals surface area contributed by atoms with Gasteiger partial charge in [-0.05, 0) is 81.1 Å². The minimum atomic E-state index is -4.13. The second-order valence-corrected chi connectivity index (χ2v) is 13.0. The molecule has 7 nitrogen and oxygen atoms in total. The van der Waals surface area contributed by atoms with Crippen LogP contribution in [-0.4, -0.2) is 43.3 Å². The molecule has 0 aromatic heterocycles. The molecule has 40 heavy (non-hydrogen) atoms. The summed E-state index contributed by atoms with van der Waals surface area (Å²) < 4.78 is 42.3. The zero-order valence-electron chi connectivity index (χ0n) is 23.9. The standard InChI is InChI=1S/C31H38FN3O4S/c1-22(2)25-14-18-27(19-15-25)35(40(38,39)28-10-8-7-9-11-28)21-29(36)34(20-24-12-16-26(32)17-13-24)23(3)30(37)33-31(4,5)6/h7-19,22-23H,20-21H2,1-6H3,(H,33,37). The third kappa shape index (κ3) is 7.91. The molecule has 1 atom stereocenters. The molecule has 0 spiro atoms. The van der Waals surface area contributed by atoms with Crippen molar-refractivity contribution in [3.05, 3.63) is 95.8 Å². The van der Waals surface area contributed by atoms with Gasteiger partial charge in [-0.25, -0.2) is 12.8 Å². The van der Waals surface area contributed by atoms with Gasteiger partial charge >= 0.3 is 0 Å². The van der Waals surface area contributed by atoms with Gasteiger partial charge in [0.15, 0.2) is 0 Å². The van der Waals surface area contributed by atoms with Crippen molar-refractivity contribution >= 4 is 27.5 Å². The number of nitrogens with one attached hydrogen (secondary N) is 1. The molecule has 0 fully saturated rings. The summed E-state index contributed by atoms with van der Waals surface area (Å²) in [4.78, 5) is 28.4. The third-order valence-corrected chi connectivity index (χ3v) is 8.18. The highest BCUT2D eigenvalue weighted by molar-refractivity contribution is 7.92. The van der Waals surface area contributed by atoms with E-state index in [1.54, 1.807) is 37.3 Å². The molecule has 0 aliphatic rings. The molecule has 0 aliphatic carbocycles. The summed E-state index contributed by atoms with van der Waals surface area (Å²) in [5.74, 6) is -1.15. The van der Waals surface area contributed by atoms with E-state index in [1.807, 2.05) is 46.8 Å². The van der Waals surface area contributed by atoms with Gasteiger partial charge in [0.25, 0.3) is 10.0 Å². The molecule has 0 heterocycles. The Balaban J connectivity index is 2.03. The van der Waals surface area contributed by atoms with Crippen molar-refractivity contribution in [2.45, 2.75) is 70.5 Å². The lowest BCUT2D eigenvalue weighted by atomic mass is 10.0. The molecule has 0 bridgehead atoms. The van der Waals surface area contributed by atoms with Crippen molar-refractivity contribution in [2.75, 3.05) is 10.8 Å². The highest BCUT2D eigenvalue weighted by atomic mass is 32.2. The average Bonchev–Trinajstić information content (AvgIpc) is 2.90. The van der Waals surface area contributed by atoms with Crippen molar-refractivity contribution in [1.82, 2.24) is 10.2 Å². The maximum absolute atomic E-state index is 13.9. The summed E-state index contributed by atoms with van der Waals surface area (Å²) in [6.45, 7) is 10.6. The first-order valence-electron chi connectivity index (χ1n) is 13.2. The average molecular weight is 568 g/mol. The van der Waals surface area contributed by atoms with Crippen molar-refractivity contribution in [3.63, 3.8) is 0 Å². The van der Waals surface area contributed by atoms with E-state index in [0.717, 1.165) is 9.87 Å². The fourth-order valence-electron chi connectivity index (χ4n) is 4.12. The van der Waals surface area contributed by atoms with Gasteiger partial charge in [-0.1, -0.05) is 56.3 Å². The SMILES string of the molecule is CC(C)c1ccc(N(CC(=O)N(Cc2ccc(F)cc2)C(C)C(=O)NC(C)(C)C)S(=O)(=O)c2ccccc2)cc1. The molecule has 0 aliphatic heterocycles. The van der Waals surface area contributed by atoms with Gasteiger partial charge in [0.2, 0.25) is 11.8 Å². The van der Waals surface area contributed by atoms with Gasteiger partial charge in [0.05, 0.1) is 10.6 Å². The smallest absolute Gasteiger partial charge is 0.264 e. The van der Waals surface area contributed by atoms with Gasteiger partial charge in [0, 0.05) is 12.1 Å². The number of benzene rings is 3. The lowest BCUT2D eigenvalue weighted by Gasteiger charge is -2.33. The molecule has 3 rings (SSSR count). The Bertz CT molecular complexity index is 1400. The molecule has 0 saturated carbocycles. The van der Waals surface area contributed by atoms with Crippen molar-refractivity contribution < 1.29 is 22.4 Å². The van der Waals surface area contributed by atoms with E-state index in [4.69, 9.17) is 0 Å². The molecule has 0 saturated heterocycles. The lowest BCUT2D eigenvalue weighted by molar-refractivity contribution is -0.140. The van der Waals surface area contributed by atoms with Crippen LogP contribution in [0, 0.1) is 5.82 Å². The van der Waals surface area contributed by atoms with E-state index < -0.39 is 39.9 Å². The van der Waals surface area contributed by atoms with Crippen LogP contribution in [0.25, 0.3) is 0 Å². The summed E-state index contributed by atoms with van der Waals surface area (Å²) in [6.07, 6.45) is 0. The van der Waals surface area contributed by atoms with Crippen LogP contribution in [0.4, 0.5) is 10.1 Å². The van der Waals surface area contributed by atoms with Gasteiger partial charge in [-0.2, -0.15) is 0 Å². The molecular weight excluding hydrogens is 529 g/mol. The molecule has 3 aromatic rings. The first-order chi connectivity index (χ1) is 18.7. The molecule has 9 heteroatoms. The summed E-state index contributed by atoms with van der Waals surface area (Å²) in [5.41, 5.74) is 1.41. The van der Waals surface area contributed by atoms with Crippen LogP contribution in [0.15, 0.2) is 83.8 Å². The first kappa shape index (κ1) is 30.8. The minimum Gasteiger partial charge on any atom is -0.350 e. The van der Waals surface area contributed by atoms with Gasteiger partial charge < -0.3 is 10.2 Å². The maximum Gasteiger partial charge on any atom is 0.264 e. The number of hydrogen-bond acceptors (Lipinski definition) is 4. The van der Waals surface area contributed by atoms with E-state index in [-0.39, 0.29) is 23.3 Å². The van der Waals surface area contributed by atoms with Crippen LogP contribution >= 0.6 is 0 Å². The summed E-state index contributed by atoms with van der Waals surface area (Å²) in [5, 5.41) is 2.88. The zero-order valence-corrected chi connectivity index (χ0v) is 24.7. The van der Waals surface area contributed by atoms with Crippen LogP contribution in [0.3, 0.4) is 0 Å². The Hall–Kier alpha value is -3.72. The fourth-order valence-corrected chi connectivity index (χ4v) is 5.55. The number of anilines is 1. The van der Waals surface area contributed by atoms with Crippen molar-refractivity contribution in [1.29, 1.82) is 0 Å². The van der Waals surface area contributed by atoms with Crippen LogP contribution in [0.2, 0.25) is 0 Å². The largest absolute Gasteiger partial charge is 0.350 e.